The van der Waals surface area contributed by atoms with Crippen molar-refractivity contribution in [1.29, 1.82) is 0 Å². The quantitative estimate of drug-likeness (QED) is 0.670. The van der Waals surface area contributed by atoms with E-state index in [-0.39, 0.29) is 18.2 Å². The number of Topliss-reactive ketones (excluding diaryl/α,β-unsaturated/α-hetero) is 1. The largest absolute Gasteiger partial charge is 0.469 e. The molecule has 0 aromatic carbocycles. The normalized spacial score (nSPS) is 24.4. The summed E-state index contributed by atoms with van der Waals surface area (Å²) in [7, 11) is 1.36. The maximum absolute atomic E-state index is 11.8. The van der Waals surface area contributed by atoms with Crippen LogP contribution in [0, 0.1) is 11.8 Å². The number of hydrogen-bond donors (Lipinski definition) is 0. The minimum Gasteiger partial charge on any atom is -0.469 e. The van der Waals surface area contributed by atoms with Crippen molar-refractivity contribution in [2.45, 2.75) is 58.3 Å². The Morgan fingerprint density at radius 1 is 1.12 bits per heavy atom. The maximum atomic E-state index is 11.8. The Balaban J connectivity index is 2.31. The minimum absolute atomic E-state index is 0.223. The van der Waals surface area contributed by atoms with Crippen molar-refractivity contribution >= 4 is 11.8 Å². The lowest BCUT2D eigenvalue weighted by molar-refractivity contribution is -0.142. The monoisotopic (exact) mass is 240 g/mol. The molecule has 0 N–H and O–H groups in total. The van der Waals surface area contributed by atoms with E-state index in [9.17, 15) is 9.59 Å². The van der Waals surface area contributed by atoms with E-state index >= 15 is 0 Å². The minimum atomic E-state index is -0.283. The van der Waals surface area contributed by atoms with Crippen LogP contribution in [0.1, 0.15) is 58.3 Å². The van der Waals surface area contributed by atoms with Gasteiger partial charge in [-0.15, -0.1) is 0 Å². The molecule has 0 saturated heterocycles. The van der Waals surface area contributed by atoms with Gasteiger partial charge in [-0.05, 0) is 18.3 Å². The molecule has 1 rings (SSSR count). The molecule has 1 aliphatic carbocycles. The molecule has 1 fully saturated rings. The van der Waals surface area contributed by atoms with Crippen LogP contribution in [0.2, 0.25) is 0 Å². The van der Waals surface area contributed by atoms with Crippen LogP contribution < -0.4 is 0 Å². The van der Waals surface area contributed by atoms with E-state index in [0.29, 0.717) is 24.7 Å². The number of carbonyl (C=O) groups is 2. The van der Waals surface area contributed by atoms with Crippen LogP contribution in [0.3, 0.4) is 0 Å². The number of methoxy groups -OCH3 is 1. The van der Waals surface area contributed by atoms with Crippen molar-refractivity contribution in [3.05, 3.63) is 0 Å². The van der Waals surface area contributed by atoms with Gasteiger partial charge in [0, 0.05) is 12.8 Å². The van der Waals surface area contributed by atoms with Crippen LogP contribution in [0.15, 0.2) is 0 Å². The molecular formula is C14H24O3. The number of hydrogen-bond acceptors (Lipinski definition) is 3. The van der Waals surface area contributed by atoms with E-state index in [1.54, 1.807) is 0 Å². The Morgan fingerprint density at radius 2 is 1.76 bits per heavy atom. The predicted octanol–water partition coefficient (Wildman–Crippen LogP) is 3.12. The zero-order valence-corrected chi connectivity index (χ0v) is 11.0. The number of esters is 1. The van der Waals surface area contributed by atoms with Crippen LogP contribution in [-0.2, 0) is 14.3 Å². The molecule has 1 aliphatic rings. The third-order valence-corrected chi connectivity index (χ3v) is 3.92. The van der Waals surface area contributed by atoms with Gasteiger partial charge in [0.1, 0.15) is 5.78 Å². The Labute approximate surface area is 104 Å². The molecule has 0 radical (unpaired) electrons. The van der Waals surface area contributed by atoms with Gasteiger partial charge in [-0.3, -0.25) is 9.59 Å². The summed E-state index contributed by atoms with van der Waals surface area (Å²) in [4.78, 5) is 22.7. The van der Waals surface area contributed by atoms with E-state index in [1.165, 1.54) is 39.2 Å². The van der Waals surface area contributed by atoms with Gasteiger partial charge < -0.3 is 4.74 Å². The molecule has 1 saturated carbocycles. The van der Waals surface area contributed by atoms with Gasteiger partial charge in [-0.1, -0.05) is 32.6 Å². The van der Waals surface area contributed by atoms with Crippen LogP contribution in [0.4, 0.5) is 0 Å². The summed E-state index contributed by atoms with van der Waals surface area (Å²) in [5, 5.41) is 0. The molecule has 98 valence electrons. The second kappa shape index (κ2) is 7.46. The summed E-state index contributed by atoms with van der Waals surface area (Å²) in [6, 6.07) is 0. The first-order valence-corrected chi connectivity index (χ1v) is 6.75. The predicted molar refractivity (Wildman–Crippen MR) is 66.6 cm³/mol. The zero-order valence-electron chi connectivity index (χ0n) is 11.0. The molecule has 0 bridgehead atoms. The summed E-state index contributed by atoms with van der Waals surface area (Å²) >= 11 is 0. The fourth-order valence-corrected chi connectivity index (χ4v) is 2.83. The van der Waals surface area contributed by atoms with Gasteiger partial charge in [-0.2, -0.15) is 0 Å². The van der Waals surface area contributed by atoms with Gasteiger partial charge >= 0.3 is 5.97 Å². The number of carbonyl (C=O) groups excluding carboxylic acids is 2. The van der Waals surface area contributed by atoms with E-state index in [0.717, 1.165) is 0 Å². The second-order valence-electron chi connectivity index (χ2n) is 5.03. The Kier molecular flexibility index (Phi) is 6.23. The summed E-state index contributed by atoms with van der Waals surface area (Å²) < 4.78 is 4.54. The van der Waals surface area contributed by atoms with Crippen molar-refractivity contribution in [3.8, 4) is 0 Å². The fourth-order valence-electron chi connectivity index (χ4n) is 2.83. The lowest BCUT2D eigenvalue weighted by Gasteiger charge is -2.30. The topological polar surface area (TPSA) is 43.4 Å². The highest BCUT2D eigenvalue weighted by molar-refractivity contribution is 5.83. The lowest BCUT2D eigenvalue weighted by atomic mass is 9.75. The van der Waals surface area contributed by atoms with Crippen molar-refractivity contribution in [2.75, 3.05) is 7.11 Å². The molecule has 0 aliphatic heterocycles. The molecule has 3 heteroatoms. The standard InChI is InChI=1S/C14H24O3/c1-3-11-6-4-5-7-12(11)10-13(15)8-9-14(16)17-2/h11-12H,3-10H2,1-2H3. The van der Waals surface area contributed by atoms with Gasteiger partial charge in [0.2, 0.25) is 0 Å². The van der Waals surface area contributed by atoms with Gasteiger partial charge in [0.15, 0.2) is 0 Å². The van der Waals surface area contributed by atoms with Crippen LogP contribution in [0.25, 0.3) is 0 Å². The summed E-state index contributed by atoms with van der Waals surface area (Å²) in [5.41, 5.74) is 0. The third-order valence-electron chi connectivity index (χ3n) is 3.92. The molecule has 0 amide bonds. The van der Waals surface area contributed by atoms with Crippen LogP contribution in [-0.4, -0.2) is 18.9 Å². The van der Waals surface area contributed by atoms with Gasteiger partial charge in [0.25, 0.3) is 0 Å². The first-order valence-electron chi connectivity index (χ1n) is 6.75. The summed E-state index contributed by atoms with van der Waals surface area (Å²) in [6.07, 6.45) is 7.44. The summed E-state index contributed by atoms with van der Waals surface area (Å²) in [6.45, 7) is 2.21. The molecular weight excluding hydrogens is 216 g/mol. The molecule has 2 unspecified atom stereocenters. The smallest absolute Gasteiger partial charge is 0.305 e. The SMILES string of the molecule is CCC1CCCCC1CC(=O)CCC(=O)OC. The van der Waals surface area contributed by atoms with Gasteiger partial charge in [0.05, 0.1) is 13.5 Å². The van der Waals surface area contributed by atoms with E-state index in [1.807, 2.05) is 0 Å². The lowest BCUT2D eigenvalue weighted by Crippen LogP contribution is -2.22. The third kappa shape index (κ3) is 4.88. The van der Waals surface area contributed by atoms with Crippen molar-refractivity contribution in [3.63, 3.8) is 0 Å². The Bertz CT molecular complexity index is 260. The molecule has 3 nitrogen and oxygen atoms in total. The first-order chi connectivity index (χ1) is 8.17. The average Bonchev–Trinajstić information content (AvgIpc) is 2.36. The molecule has 0 heterocycles. The molecule has 0 aromatic heterocycles. The molecule has 17 heavy (non-hydrogen) atoms. The van der Waals surface area contributed by atoms with Crippen molar-refractivity contribution in [1.82, 2.24) is 0 Å². The highest BCUT2D eigenvalue weighted by Gasteiger charge is 2.25. The zero-order chi connectivity index (χ0) is 12.7. The van der Waals surface area contributed by atoms with Gasteiger partial charge in [-0.25, -0.2) is 0 Å². The Morgan fingerprint density at radius 3 is 2.35 bits per heavy atom. The van der Waals surface area contributed by atoms with E-state index in [4.69, 9.17) is 0 Å². The molecule has 2 atom stereocenters. The number of ketones is 1. The van der Waals surface area contributed by atoms with E-state index < -0.39 is 0 Å². The molecule has 0 aromatic rings. The second-order valence-corrected chi connectivity index (χ2v) is 5.03. The summed E-state index contributed by atoms with van der Waals surface area (Å²) in [5.74, 6) is 1.21. The Hall–Kier alpha value is -0.860. The average molecular weight is 240 g/mol. The van der Waals surface area contributed by atoms with Crippen LogP contribution in [0.5, 0.6) is 0 Å². The van der Waals surface area contributed by atoms with E-state index in [2.05, 4.69) is 11.7 Å². The van der Waals surface area contributed by atoms with Crippen molar-refractivity contribution in [2.24, 2.45) is 11.8 Å². The number of ether oxygens (including phenoxy) is 1. The highest BCUT2D eigenvalue weighted by atomic mass is 16.5. The molecule has 0 spiro atoms. The van der Waals surface area contributed by atoms with Crippen LogP contribution >= 0.6 is 0 Å². The maximum Gasteiger partial charge on any atom is 0.305 e. The number of rotatable bonds is 6. The van der Waals surface area contributed by atoms with Crippen molar-refractivity contribution < 1.29 is 14.3 Å². The first kappa shape index (κ1) is 14.2. The fraction of sp³-hybridized carbons (Fsp3) is 0.857. The highest BCUT2D eigenvalue weighted by Crippen LogP contribution is 2.34.